The maximum Gasteiger partial charge on any atom is 0.160 e. The summed E-state index contributed by atoms with van der Waals surface area (Å²) in [7, 11) is 0. The summed E-state index contributed by atoms with van der Waals surface area (Å²) in [4.78, 5) is 11.2. The van der Waals surface area contributed by atoms with Gasteiger partial charge in [-0.3, -0.25) is 4.79 Å². The van der Waals surface area contributed by atoms with E-state index >= 15 is 0 Å². The standard InChI is InChI=1S/C11H12O2/c1-7(12)8-3-2-4-10-9(8)5-6-11(10)13/h2-4,11,13H,5-6H2,1H3. The Morgan fingerprint density at radius 1 is 1.54 bits per heavy atom. The van der Waals surface area contributed by atoms with Crippen LogP contribution in [-0.4, -0.2) is 10.9 Å². The SMILES string of the molecule is CC(=O)c1cccc2c1CCC2O. The van der Waals surface area contributed by atoms with Gasteiger partial charge in [0.25, 0.3) is 0 Å². The van der Waals surface area contributed by atoms with Gasteiger partial charge < -0.3 is 5.11 Å². The van der Waals surface area contributed by atoms with E-state index in [2.05, 4.69) is 0 Å². The number of rotatable bonds is 1. The van der Waals surface area contributed by atoms with E-state index in [9.17, 15) is 9.90 Å². The van der Waals surface area contributed by atoms with Crippen LogP contribution in [0, 0.1) is 0 Å². The molecule has 1 aliphatic carbocycles. The van der Waals surface area contributed by atoms with Crippen molar-refractivity contribution in [3.63, 3.8) is 0 Å². The molecule has 1 atom stereocenters. The predicted octanol–water partition coefficient (Wildman–Crippen LogP) is 1.87. The minimum atomic E-state index is -0.366. The Labute approximate surface area is 77.2 Å². The first kappa shape index (κ1) is 8.45. The van der Waals surface area contributed by atoms with Crippen LogP contribution in [0.4, 0.5) is 0 Å². The number of hydrogen-bond acceptors (Lipinski definition) is 2. The van der Waals surface area contributed by atoms with Crippen molar-refractivity contribution < 1.29 is 9.90 Å². The lowest BCUT2D eigenvalue weighted by molar-refractivity contribution is 0.101. The highest BCUT2D eigenvalue weighted by Gasteiger charge is 2.23. The highest BCUT2D eigenvalue weighted by atomic mass is 16.3. The highest BCUT2D eigenvalue weighted by molar-refractivity contribution is 5.96. The second-order valence-electron chi connectivity index (χ2n) is 3.48. The molecule has 0 spiro atoms. The van der Waals surface area contributed by atoms with Crippen LogP contribution in [0.5, 0.6) is 0 Å². The Morgan fingerprint density at radius 3 is 3.00 bits per heavy atom. The zero-order valence-corrected chi connectivity index (χ0v) is 7.58. The van der Waals surface area contributed by atoms with Gasteiger partial charge in [-0.15, -0.1) is 0 Å². The van der Waals surface area contributed by atoms with E-state index in [0.29, 0.717) is 0 Å². The Morgan fingerprint density at radius 2 is 2.31 bits per heavy atom. The summed E-state index contributed by atoms with van der Waals surface area (Å²) in [5.41, 5.74) is 2.75. The van der Waals surface area contributed by atoms with E-state index in [1.807, 2.05) is 18.2 Å². The number of fused-ring (bicyclic) bond motifs is 1. The third kappa shape index (κ3) is 1.27. The van der Waals surface area contributed by atoms with Crippen LogP contribution in [-0.2, 0) is 6.42 Å². The molecule has 0 heterocycles. The van der Waals surface area contributed by atoms with Gasteiger partial charge in [0.1, 0.15) is 0 Å². The van der Waals surface area contributed by atoms with Crippen LogP contribution in [0.3, 0.4) is 0 Å². The van der Waals surface area contributed by atoms with E-state index in [4.69, 9.17) is 0 Å². The molecule has 0 saturated carbocycles. The molecule has 0 fully saturated rings. The second-order valence-corrected chi connectivity index (χ2v) is 3.48. The fourth-order valence-corrected chi connectivity index (χ4v) is 1.96. The first-order valence-corrected chi connectivity index (χ1v) is 4.51. The van der Waals surface area contributed by atoms with Crippen molar-refractivity contribution in [2.24, 2.45) is 0 Å². The summed E-state index contributed by atoms with van der Waals surface area (Å²) >= 11 is 0. The molecule has 13 heavy (non-hydrogen) atoms. The van der Waals surface area contributed by atoms with Crippen LogP contribution in [0.2, 0.25) is 0 Å². The number of Topliss-reactive ketones (excluding diaryl/α,β-unsaturated/α-hetero) is 1. The number of benzene rings is 1. The average Bonchev–Trinajstić information content (AvgIpc) is 2.48. The summed E-state index contributed by atoms with van der Waals surface area (Å²) in [6.45, 7) is 1.57. The van der Waals surface area contributed by atoms with Crippen LogP contribution in [0.1, 0.15) is 40.9 Å². The van der Waals surface area contributed by atoms with Crippen LogP contribution >= 0.6 is 0 Å². The first-order valence-electron chi connectivity index (χ1n) is 4.51. The Balaban J connectivity index is 2.57. The van der Waals surface area contributed by atoms with Gasteiger partial charge in [0, 0.05) is 5.56 Å². The van der Waals surface area contributed by atoms with Crippen LogP contribution in [0.15, 0.2) is 18.2 Å². The highest BCUT2D eigenvalue weighted by Crippen LogP contribution is 2.32. The molecule has 1 aromatic rings. The van der Waals surface area contributed by atoms with Gasteiger partial charge in [-0.2, -0.15) is 0 Å². The lowest BCUT2D eigenvalue weighted by atomic mass is 10.0. The number of aliphatic hydroxyl groups is 1. The fraction of sp³-hybridized carbons (Fsp3) is 0.364. The Kier molecular flexibility index (Phi) is 1.93. The first-order chi connectivity index (χ1) is 6.20. The van der Waals surface area contributed by atoms with Gasteiger partial charge in [-0.1, -0.05) is 18.2 Å². The predicted molar refractivity (Wildman–Crippen MR) is 49.7 cm³/mol. The zero-order chi connectivity index (χ0) is 9.42. The molecular formula is C11H12O2. The van der Waals surface area contributed by atoms with E-state index < -0.39 is 0 Å². The number of hydrogen-bond donors (Lipinski definition) is 1. The maximum absolute atomic E-state index is 11.2. The largest absolute Gasteiger partial charge is 0.388 e. The third-order valence-electron chi connectivity index (χ3n) is 2.62. The number of ketones is 1. The molecule has 1 unspecified atom stereocenters. The van der Waals surface area contributed by atoms with Gasteiger partial charge in [0.05, 0.1) is 6.10 Å². The molecule has 0 bridgehead atoms. The summed E-state index contributed by atoms with van der Waals surface area (Å²) in [6, 6.07) is 5.57. The van der Waals surface area contributed by atoms with Gasteiger partial charge in [-0.25, -0.2) is 0 Å². The summed E-state index contributed by atoms with van der Waals surface area (Å²) in [5, 5.41) is 9.58. The molecule has 68 valence electrons. The molecule has 0 aromatic heterocycles. The minimum Gasteiger partial charge on any atom is -0.388 e. The summed E-state index contributed by atoms with van der Waals surface area (Å²) < 4.78 is 0. The third-order valence-corrected chi connectivity index (χ3v) is 2.62. The van der Waals surface area contributed by atoms with E-state index in [1.165, 1.54) is 0 Å². The Hall–Kier alpha value is -1.15. The smallest absolute Gasteiger partial charge is 0.160 e. The second kappa shape index (κ2) is 2.96. The lowest BCUT2D eigenvalue weighted by Crippen LogP contribution is -1.99. The average molecular weight is 176 g/mol. The molecule has 0 saturated heterocycles. The lowest BCUT2D eigenvalue weighted by Gasteiger charge is -2.05. The monoisotopic (exact) mass is 176 g/mol. The zero-order valence-electron chi connectivity index (χ0n) is 7.58. The summed E-state index contributed by atoms with van der Waals surface area (Å²) in [6.07, 6.45) is 1.21. The van der Waals surface area contributed by atoms with E-state index in [-0.39, 0.29) is 11.9 Å². The van der Waals surface area contributed by atoms with Crippen molar-refractivity contribution in [1.29, 1.82) is 0 Å². The molecule has 0 amide bonds. The normalized spacial score (nSPS) is 20.0. The number of aliphatic hydroxyl groups excluding tert-OH is 1. The summed E-state index contributed by atoms with van der Waals surface area (Å²) in [5.74, 6) is 0.0888. The molecular weight excluding hydrogens is 164 g/mol. The van der Waals surface area contributed by atoms with Crippen molar-refractivity contribution in [2.75, 3.05) is 0 Å². The topological polar surface area (TPSA) is 37.3 Å². The molecule has 1 aliphatic rings. The van der Waals surface area contributed by atoms with Crippen LogP contribution in [0.25, 0.3) is 0 Å². The molecule has 1 aromatic carbocycles. The van der Waals surface area contributed by atoms with Crippen molar-refractivity contribution in [3.8, 4) is 0 Å². The Bertz CT molecular complexity index is 355. The van der Waals surface area contributed by atoms with E-state index in [0.717, 1.165) is 29.5 Å². The van der Waals surface area contributed by atoms with Crippen molar-refractivity contribution in [2.45, 2.75) is 25.9 Å². The van der Waals surface area contributed by atoms with Gasteiger partial charge >= 0.3 is 0 Å². The van der Waals surface area contributed by atoms with Crippen molar-refractivity contribution in [3.05, 3.63) is 34.9 Å². The number of carbonyl (C=O) groups is 1. The minimum absolute atomic E-state index is 0.0888. The quantitative estimate of drug-likeness (QED) is 0.663. The van der Waals surface area contributed by atoms with E-state index in [1.54, 1.807) is 6.92 Å². The van der Waals surface area contributed by atoms with Gasteiger partial charge in [-0.05, 0) is 30.9 Å². The van der Waals surface area contributed by atoms with Crippen molar-refractivity contribution >= 4 is 5.78 Å². The maximum atomic E-state index is 11.2. The molecule has 0 aliphatic heterocycles. The number of carbonyl (C=O) groups excluding carboxylic acids is 1. The molecule has 2 rings (SSSR count). The molecule has 0 radical (unpaired) electrons. The molecule has 2 nitrogen and oxygen atoms in total. The van der Waals surface area contributed by atoms with Gasteiger partial charge in [0.2, 0.25) is 0 Å². The van der Waals surface area contributed by atoms with Crippen LogP contribution < -0.4 is 0 Å². The van der Waals surface area contributed by atoms with Crippen molar-refractivity contribution in [1.82, 2.24) is 0 Å². The molecule has 2 heteroatoms. The van der Waals surface area contributed by atoms with Gasteiger partial charge in [0.15, 0.2) is 5.78 Å². The molecule has 1 N–H and O–H groups in total. The fourth-order valence-electron chi connectivity index (χ4n) is 1.96.